The predicted octanol–water partition coefficient (Wildman–Crippen LogP) is 7.69. The van der Waals surface area contributed by atoms with Crippen LogP contribution in [0.4, 0.5) is 0 Å². The minimum Gasteiger partial charge on any atom is -0.393 e. The van der Waals surface area contributed by atoms with Crippen LogP contribution in [0.2, 0.25) is 0 Å². The second-order valence-electron chi connectivity index (χ2n) is 16.2. The minimum atomic E-state index is -0.614. The fraction of sp³-hybridized carbons (Fsp3) is 0.914. The SMILES string of the molecule is CC(O)C1C(=O)C2(C)C(C)C3C(O)C4C(C)C=CC(CCCC5CCCC5C)C4CC3(C)CC2(C)CC1C. The molecule has 0 aromatic heterocycles. The highest BCUT2D eigenvalue weighted by atomic mass is 16.3. The molecule has 3 nitrogen and oxygen atoms in total. The molecule has 4 fully saturated rings. The molecule has 0 aromatic carbocycles. The molecule has 38 heavy (non-hydrogen) atoms. The molecule has 0 heterocycles. The van der Waals surface area contributed by atoms with Gasteiger partial charge in [-0.3, -0.25) is 4.79 Å². The summed E-state index contributed by atoms with van der Waals surface area (Å²) in [5.74, 6) is 3.98. The third-order valence-corrected chi connectivity index (χ3v) is 14.0. The van der Waals surface area contributed by atoms with Crippen LogP contribution in [0.1, 0.15) is 113 Å². The van der Waals surface area contributed by atoms with E-state index in [1.807, 2.05) is 0 Å². The first kappa shape index (κ1) is 28.8. The van der Waals surface area contributed by atoms with Crippen LogP contribution in [0, 0.1) is 75.4 Å². The first-order valence-electron chi connectivity index (χ1n) is 16.3. The van der Waals surface area contributed by atoms with Crippen molar-refractivity contribution in [2.45, 2.75) is 125 Å². The van der Waals surface area contributed by atoms with Crippen LogP contribution in [-0.4, -0.2) is 28.2 Å². The number of aliphatic hydroxyl groups excluding tert-OH is 2. The van der Waals surface area contributed by atoms with Gasteiger partial charge >= 0.3 is 0 Å². The molecule has 3 heteroatoms. The number of allylic oxidation sites excluding steroid dienone is 2. The summed E-state index contributed by atoms with van der Waals surface area (Å²) in [5.41, 5.74) is -0.574. The number of hydrogen-bond donors (Lipinski definition) is 2. The van der Waals surface area contributed by atoms with E-state index in [1.54, 1.807) is 6.92 Å². The molecule has 0 aromatic rings. The largest absolute Gasteiger partial charge is 0.393 e. The number of hydrogen-bond acceptors (Lipinski definition) is 3. The zero-order chi connectivity index (χ0) is 27.8. The van der Waals surface area contributed by atoms with Crippen LogP contribution in [0.3, 0.4) is 0 Å². The number of carbonyl (C=O) groups is 1. The summed E-state index contributed by atoms with van der Waals surface area (Å²) in [6.45, 7) is 18.1. The van der Waals surface area contributed by atoms with E-state index >= 15 is 0 Å². The molecule has 15 atom stereocenters. The average molecular weight is 527 g/mol. The number of Topliss-reactive ketones (excluding diaryl/α,β-unsaturated/α-hetero) is 1. The smallest absolute Gasteiger partial charge is 0.145 e. The first-order valence-corrected chi connectivity index (χ1v) is 16.3. The van der Waals surface area contributed by atoms with Gasteiger partial charge in [-0.25, -0.2) is 0 Å². The normalized spacial score (nSPS) is 55.2. The highest BCUT2D eigenvalue weighted by molar-refractivity contribution is 5.89. The molecule has 0 bridgehead atoms. The quantitative estimate of drug-likeness (QED) is 0.361. The van der Waals surface area contributed by atoms with Gasteiger partial charge < -0.3 is 10.2 Å². The highest BCUT2D eigenvalue weighted by Crippen LogP contribution is 2.71. The van der Waals surface area contributed by atoms with Gasteiger partial charge in [-0.2, -0.15) is 0 Å². The van der Waals surface area contributed by atoms with E-state index in [1.165, 1.54) is 44.9 Å². The van der Waals surface area contributed by atoms with Crippen molar-refractivity contribution in [3.63, 3.8) is 0 Å². The Bertz CT molecular complexity index is 924. The van der Waals surface area contributed by atoms with Crippen molar-refractivity contribution in [2.24, 2.45) is 75.4 Å². The summed E-state index contributed by atoms with van der Waals surface area (Å²) in [6.07, 6.45) is 15.3. The summed E-state index contributed by atoms with van der Waals surface area (Å²) < 4.78 is 0. The van der Waals surface area contributed by atoms with Crippen molar-refractivity contribution in [2.75, 3.05) is 0 Å². The minimum absolute atomic E-state index is 0.0367. The van der Waals surface area contributed by atoms with Gasteiger partial charge in [0.15, 0.2) is 0 Å². The molecule has 0 amide bonds. The van der Waals surface area contributed by atoms with Crippen LogP contribution < -0.4 is 0 Å². The Kier molecular flexibility index (Phi) is 7.59. The lowest BCUT2D eigenvalue weighted by molar-refractivity contribution is -0.230. The number of ketones is 1. The summed E-state index contributed by atoms with van der Waals surface area (Å²) in [4.78, 5) is 14.2. The number of fused-ring (bicyclic) bond motifs is 3. The maximum Gasteiger partial charge on any atom is 0.145 e. The number of carbonyl (C=O) groups excluding carboxylic acids is 1. The molecule has 5 aliphatic rings. The van der Waals surface area contributed by atoms with E-state index in [0.717, 1.165) is 24.7 Å². The predicted molar refractivity (Wildman–Crippen MR) is 155 cm³/mol. The lowest BCUT2D eigenvalue weighted by atomic mass is 9.34. The molecule has 0 spiro atoms. The topological polar surface area (TPSA) is 57.5 Å². The molecule has 5 rings (SSSR count). The Morgan fingerprint density at radius 3 is 2.34 bits per heavy atom. The molecule has 0 aliphatic heterocycles. The van der Waals surface area contributed by atoms with E-state index in [9.17, 15) is 15.0 Å². The Morgan fingerprint density at radius 2 is 1.71 bits per heavy atom. The van der Waals surface area contributed by atoms with E-state index in [2.05, 4.69) is 60.6 Å². The van der Waals surface area contributed by atoms with E-state index in [0.29, 0.717) is 17.8 Å². The van der Waals surface area contributed by atoms with Gasteiger partial charge in [0, 0.05) is 11.3 Å². The van der Waals surface area contributed by atoms with Crippen LogP contribution in [0.15, 0.2) is 12.2 Å². The summed E-state index contributed by atoms with van der Waals surface area (Å²) >= 11 is 0. The van der Waals surface area contributed by atoms with Gasteiger partial charge in [-0.1, -0.05) is 92.7 Å². The molecule has 15 unspecified atom stereocenters. The second kappa shape index (κ2) is 10.0. The maximum atomic E-state index is 14.2. The van der Waals surface area contributed by atoms with Crippen molar-refractivity contribution in [1.82, 2.24) is 0 Å². The Morgan fingerprint density at radius 1 is 1.00 bits per heavy atom. The third kappa shape index (κ3) is 4.22. The van der Waals surface area contributed by atoms with E-state index in [4.69, 9.17) is 0 Å². The Balaban J connectivity index is 1.42. The average Bonchev–Trinajstić information content (AvgIpc) is 3.21. The zero-order valence-electron chi connectivity index (χ0n) is 25.7. The van der Waals surface area contributed by atoms with Crippen LogP contribution in [0.25, 0.3) is 0 Å². The summed E-state index contributed by atoms with van der Waals surface area (Å²) in [7, 11) is 0. The second-order valence-corrected chi connectivity index (χ2v) is 16.2. The van der Waals surface area contributed by atoms with Gasteiger partial charge in [-0.05, 0) is 96.7 Å². The fourth-order valence-corrected chi connectivity index (χ4v) is 12.0. The molecule has 2 N–H and O–H groups in total. The molecule has 4 saturated carbocycles. The van der Waals surface area contributed by atoms with E-state index in [-0.39, 0.29) is 52.3 Å². The maximum absolute atomic E-state index is 14.2. The van der Waals surface area contributed by atoms with Gasteiger partial charge in [-0.15, -0.1) is 0 Å². The van der Waals surface area contributed by atoms with Crippen molar-refractivity contribution in [3.8, 4) is 0 Å². The van der Waals surface area contributed by atoms with Gasteiger partial charge in [0.2, 0.25) is 0 Å². The van der Waals surface area contributed by atoms with Crippen molar-refractivity contribution in [1.29, 1.82) is 0 Å². The van der Waals surface area contributed by atoms with Crippen molar-refractivity contribution >= 4 is 5.78 Å². The van der Waals surface area contributed by atoms with Crippen LogP contribution in [0.5, 0.6) is 0 Å². The van der Waals surface area contributed by atoms with Gasteiger partial charge in [0.05, 0.1) is 12.2 Å². The number of rotatable bonds is 5. The van der Waals surface area contributed by atoms with Crippen molar-refractivity contribution < 1.29 is 15.0 Å². The molecule has 0 radical (unpaired) electrons. The monoisotopic (exact) mass is 526 g/mol. The highest BCUT2D eigenvalue weighted by Gasteiger charge is 2.70. The lowest BCUT2D eigenvalue weighted by Gasteiger charge is -2.69. The van der Waals surface area contributed by atoms with Gasteiger partial charge in [0.1, 0.15) is 5.78 Å². The summed E-state index contributed by atoms with van der Waals surface area (Å²) in [5, 5.41) is 22.9. The van der Waals surface area contributed by atoms with Crippen molar-refractivity contribution in [3.05, 3.63) is 12.2 Å². The fourth-order valence-electron chi connectivity index (χ4n) is 12.0. The molecular weight excluding hydrogens is 468 g/mol. The third-order valence-electron chi connectivity index (χ3n) is 14.0. The first-order chi connectivity index (χ1) is 17.7. The van der Waals surface area contributed by atoms with Gasteiger partial charge in [0.25, 0.3) is 0 Å². The Labute approximate surface area is 233 Å². The molecular formula is C35H58O3. The molecule has 216 valence electrons. The zero-order valence-corrected chi connectivity index (χ0v) is 25.7. The van der Waals surface area contributed by atoms with Crippen LogP contribution in [-0.2, 0) is 4.79 Å². The summed E-state index contributed by atoms with van der Waals surface area (Å²) in [6, 6.07) is 0. The standard InChI is InChI=1S/C35H58O3/c1-20-11-9-12-25(20)13-10-14-26-16-15-21(2)29-27(26)18-33(6)19-34(7)17-22(3)28(24(5)36)32(38)35(34,8)23(4)30(33)31(29)37/h15-16,20-31,36-37H,9-14,17-19H2,1-8H3. The van der Waals surface area contributed by atoms with E-state index < -0.39 is 11.5 Å². The molecule has 0 saturated heterocycles. The Hall–Kier alpha value is -0.670. The number of aliphatic hydroxyl groups is 2. The molecule has 5 aliphatic carbocycles. The lowest BCUT2D eigenvalue weighted by Crippen LogP contribution is -2.69. The van der Waals surface area contributed by atoms with Crippen LogP contribution >= 0.6 is 0 Å².